The number of nitrogens with zero attached hydrogens (tertiary/aromatic N) is 5. The van der Waals surface area contributed by atoms with E-state index in [0.29, 0.717) is 25.4 Å². The van der Waals surface area contributed by atoms with E-state index in [1.54, 1.807) is 4.90 Å². The van der Waals surface area contributed by atoms with Crippen LogP contribution in [0.25, 0.3) is 5.65 Å². The summed E-state index contributed by atoms with van der Waals surface area (Å²) in [6.07, 6.45) is 3.56. The number of rotatable bonds is 2. The van der Waals surface area contributed by atoms with Gasteiger partial charge in [0.05, 0.1) is 18.8 Å². The second-order valence-corrected chi connectivity index (χ2v) is 6.48. The van der Waals surface area contributed by atoms with Crippen molar-refractivity contribution in [3.63, 3.8) is 0 Å². The average Bonchev–Trinajstić information content (AvgIpc) is 3.18. The van der Waals surface area contributed by atoms with E-state index in [4.69, 9.17) is 4.74 Å². The van der Waals surface area contributed by atoms with Gasteiger partial charge >= 0.3 is 0 Å². The molecule has 0 spiro atoms. The van der Waals surface area contributed by atoms with E-state index < -0.39 is 0 Å². The Labute approximate surface area is 145 Å². The lowest BCUT2D eigenvalue weighted by atomic mass is 10.2. The van der Waals surface area contributed by atoms with Crippen LogP contribution in [0.3, 0.4) is 0 Å². The summed E-state index contributed by atoms with van der Waals surface area (Å²) in [6.45, 7) is 5.49. The molecule has 0 bridgehead atoms. The summed E-state index contributed by atoms with van der Waals surface area (Å²) in [4.78, 5) is 23.7. The standard InChI is InChI=1S/C18H21N5O2/c1-12-9-21(3)17(19-12)15-11-22(7-8-25-15)18(24)14-10-23-13(2)5-4-6-16(23)20-14/h4-6,9-10,15H,7-8,11H2,1-3H3. The summed E-state index contributed by atoms with van der Waals surface area (Å²) < 4.78 is 9.75. The predicted octanol–water partition coefficient (Wildman–Crippen LogP) is 1.90. The third kappa shape index (κ3) is 2.80. The van der Waals surface area contributed by atoms with Crippen LogP contribution in [0.15, 0.2) is 30.6 Å². The van der Waals surface area contributed by atoms with Crippen LogP contribution < -0.4 is 0 Å². The Balaban J connectivity index is 1.58. The number of amides is 1. The van der Waals surface area contributed by atoms with Crippen LogP contribution in [0, 0.1) is 13.8 Å². The van der Waals surface area contributed by atoms with Crippen molar-refractivity contribution in [1.29, 1.82) is 0 Å². The highest BCUT2D eigenvalue weighted by Gasteiger charge is 2.29. The van der Waals surface area contributed by atoms with Crippen LogP contribution in [0.5, 0.6) is 0 Å². The molecule has 0 aromatic carbocycles. The molecule has 7 heteroatoms. The first-order valence-electron chi connectivity index (χ1n) is 8.38. The number of carbonyl (C=O) groups excluding carboxylic acids is 1. The second kappa shape index (κ2) is 6.00. The summed E-state index contributed by atoms with van der Waals surface area (Å²) in [5.41, 5.74) is 3.24. The number of ether oxygens (including phenoxy) is 1. The minimum absolute atomic E-state index is 0.0673. The fourth-order valence-corrected chi connectivity index (χ4v) is 3.34. The number of fused-ring (bicyclic) bond motifs is 1. The van der Waals surface area contributed by atoms with Gasteiger partial charge in [-0.3, -0.25) is 4.79 Å². The predicted molar refractivity (Wildman–Crippen MR) is 92.5 cm³/mol. The zero-order chi connectivity index (χ0) is 17.6. The van der Waals surface area contributed by atoms with Crippen molar-refractivity contribution in [1.82, 2.24) is 23.8 Å². The maximum absolute atomic E-state index is 12.9. The number of aryl methyl sites for hydroxylation is 3. The van der Waals surface area contributed by atoms with E-state index in [1.807, 2.05) is 60.5 Å². The third-order valence-corrected chi connectivity index (χ3v) is 4.59. The maximum Gasteiger partial charge on any atom is 0.274 e. The van der Waals surface area contributed by atoms with Gasteiger partial charge in [0, 0.05) is 31.7 Å². The molecular formula is C18H21N5O2. The van der Waals surface area contributed by atoms with Crippen molar-refractivity contribution < 1.29 is 9.53 Å². The first kappa shape index (κ1) is 15.8. The normalized spacial score (nSPS) is 18.0. The lowest BCUT2D eigenvalue weighted by Gasteiger charge is -2.32. The van der Waals surface area contributed by atoms with Crippen LogP contribution in [0.4, 0.5) is 0 Å². The van der Waals surface area contributed by atoms with Crippen LogP contribution in [0.2, 0.25) is 0 Å². The first-order valence-corrected chi connectivity index (χ1v) is 8.38. The van der Waals surface area contributed by atoms with Gasteiger partial charge in [-0.05, 0) is 26.0 Å². The average molecular weight is 339 g/mol. The summed E-state index contributed by atoms with van der Waals surface area (Å²) in [5.74, 6) is 0.781. The molecule has 1 fully saturated rings. The molecule has 0 radical (unpaired) electrons. The molecule has 1 aliphatic heterocycles. The first-order chi connectivity index (χ1) is 12.0. The third-order valence-electron chi connectivity index (χ3n) is 4.59. The molecule has 0 saturated carbocycles. The Bertz CT molecular complexity index is 942. The quantitative estimate of drug-likeness (QED) is 0.715. The molecule has 0 aliphatic carbocycles. The van der Waals surface area contributed by atoms with Crippen molar-refractivity contribution in [2.24, 2.45) is 7.05 Å². The minimum Gasteiger partial charge on any atom is -0.367 e. The lowest BCUT2D eigenvalue weighted by Crippen LogP contribution is -2.43. The van der Waals surface area contributed by atoms with Gasteiger partial charge in [0.15, 0.2) is 0 Å². The SMILES string of the molecule is Cc1cn(C)c(C2CN(C(=O)c3cn4c(C)cccc4n3)CCO2)n1. The number of pyridine rings is 1. The van der Waals surface area contributed by atoms with Crippen molar-refractivity contribution in [3.8, 4) is 0 Å². The fraction of sp³-hybridized carbons (Fsp3) is 0.389. The van der Waals surface area contributed by atoms with Gasteiger partial charge in [-0.15, -0.1) is 0 Å². The topological polar surface area (TPSA) is 64.7 Å². The molecular weight excluding hydrogens is 318 g/mol. The van der Waals surface area contributed by atoms with Gasteiger partial charge in [-0.2, -0.15) is 0 Å². The number of morpholine rings is 1. The van der Waals surface area contributed by atoms with Gasteiger partial charge in [0.25, 0.3) is 5.91 Å². The van der Waals surface area contributed by atoms with Gasteiger partial charge < -0.3 is 18.6 Å². The Morgan fingerprint density at radius 3 is 2.80 bits per heavy atom. The molecule has 4 heterocycles. The Hall–Kier alpha value is -2.67. The number of hydrogen-bond acceptors (Lipinski definition) is 4. The highest BCUT2D eigenvalue weighted by molar-refractivity contribution is 5.93. The molecule has 1 atom stereocenters. The molecule has 1 saturated heterocycles. The van der Waals surface area contributed by atoms with Crippen molar-refractivity contribution in [2.45, 2.75) is 20.0 Å². The molecule has 1 unspecified atom stereocenters. The van der Waals surface area contributed by atoms with E-state index >= 15 is 0 Å². The van der Waals surface area contributed by atoms with E-state index in [2.05, 4.69) is 9.97 Å². The Morgan fingerprint density at radius 1 is 1.24 bits per heavy atom. The molecule has 3 aromatic rings. The van der Waals surface area contributed by atoms with E-state index in [0.717, 1.165) is 22.9 Å². The monoisotopic (exact) mass is 339 g/mol. The van der Waals surface area contributed by atoms with E-state index in [-0.39, 0.29) is 12.0 Å². The molecule has 1 amide bonds. The highest BCUT2D eigenvalue weighted by atomic mass is 16.5. The van der Waals surface area contributed by atoms with E-state index in [9.17, 15) is 4.79 Å². The second-order valence-electron chi connectivity index (χ2n) is 6.48. The summed E-state index contributed by atoms with van der Waals surface area (Å²) in [5, 5.41) is 0. The molecule has 0 N–H and O–H groups in total. The smallest absolute Gasteiger partial charge is 0.274 e. The van der Waals surface area contributed by atoms with Gasteiger partial charge in [-0.25, -0.2) is 9.97 Å². The molecule has 7 nitrogen and oxygen atoms in total. The lowest BCUT2D eigenvalue weighted by molar-refractivity contribution is -0.0281. The van der Waals surface area contributed by atoms with Crippen LogP contribution in [-0.4, -0.2) is 49.4 Å². The summed E-state index contributed by atoms with van der Waals surface area (Å²) in [7, 11) is 1.95. The summed E-state index contributed by atoms with van der Waals surface area (Å²) in [6, 6.07) is 5.85. The zero-order valence-electron chi connectivity index (χ0n) is 14.6. The zero-order valence-corrected chi connectivity index (χ0v) is 14.6. The molecule has 1 aliphatic rings. The van der Waals surface area contributed by atoms with Crippen LogP contribution >= 0.6 is 0 Å². The van der Waals surface area contributed by atoms with Crippen molar-refractivity contribution >= 4 is 11.6 Å². The van der Waals surface area contributed by atoms with E-state index in [1.165, 1.54) is 0 Å². The number of carbonyl (C=O) groups is 1. The van der Waals surface area contributed by atoms with Gasteiger partial charge in [0.1, 0.15) is 23.3 Å². The molecule has 25 heavy (non-hydrogen) atoms. The van der Waals surface area contributed by atoms with Gasteiger partial charge in [0.2, 0.25) is 0 Å². The minimum atomic E-state index is -0.213. The van der Waals surface area contributed by atoms with Gasteiger partial charge in [-0.1, -0.05) is 6.07 Å². The number of hydrogen-bond donors (Lipinski definition) is 0. The number of imidazole rings is 2. The van der Waals surface area contributed by atoms with Crippen LogP contribution in [0.1, 0.15) is 33.8 Å². The van der Waals surface area contributed by atoms with Crippen LogP contribution in [-0.2, 0) is 11.8 Å². The highest BCUT2D eigenvalue weighted by Crippen LogP contribution is 2.22. The van der Waals surface area contributed by atoms with Crippen molar-refractivity contribution in [2.75, 3.05) is 19.7 Å². The number of aromatic nitrogens is 4. The fourth-order valence-electron chi connectivity index (χ4n) is 3.34. The molecule has 3 aromatic heterocycles. The van der Waals surface area contributed by atoms with Crippen molar-refractivity contribution in [3.05, 3.63) is 53.5 Å². The Kier molecular flexibility index (Phi) is 3.80. The Morgan fingerprint density at radius 2 is 2.08 bits per heavy atom. The molecule has 4 rings (SSSR count). The summed E-state index contributed by atoms with van der Waals surface area (Å²) >= 11 is 0. The molecule has 130 valence electrons. The maximum atomic E-state index is 12.9. The largest absolute Gasteiger partial charge is 0.367 e.